The average molecular weight is 407 g/mol. The van der Waals surface area contributed by atoms with Crippen LogP contribution < -0.4 is 15.1 Å². The first-order valence-electron chi connectivity index (χ1n) is 9.82. The molecule has 4 rings (SSSR count). The van der Waals surface area contributed by atoms with Crippen LogP contribution in [0, 0.1) is 19.7 Å². The highest BCUT2D eigenvalue weighted by Crippen LogP contribution is 2.33. The van der Waals surface area contributed by atoms with Gasteiger partial charge in [0.05, 0.1) is 5.69 Å². The Morgan fingerprint density at radius 2 is 1.87 bits per heavy atom. The maximum Gasteiger partial charge on any atom is 0.335 e. The number of rotatable bonds is 2. The zero-order valence-electron chi connectivity index (χ0n) is 17.0. The molecule has 154 valence electrons. The maximum absolute atomic E-state index is 13.7. The van der Waals surface area contributed by atoms with Gasteiger partial charge in [0.25, 0.3) is 11.8 Å². The van der Waals surface area contributed by atoms with Crippen LogP contribution in [0.15, 0.2) is 48.2 Å². The molecule has 0 spiro atoms. The minimum Gasteiger partial charge on any atom is -0.344 e. The monoisotopic (exact) mass is 407 g/mol. The normalized spacial score (nSPS) is 20.5. The molecule has 4 amide bonds. The first-order valence-corrected chi connectivity index (χ1v) is 9.82. The van der Waals surface area contributed by atoms with E-state index in [1.807, 2.05) is 31.7 Å². The molecule has 1 N–H and O–H groups in total. The predicted octanol–water partition coefficient (Wildman–Crippen LogP) is 3.75. The van der Waals surface area contributed by atoms with Gasteiger partial charge < -0.3 is 4.90 Å². The van der Waals surface area contributed by atoms with Crippen LogP contribution in [0.3, 0.4) is 0 Å². The largest absolute Gasteiger partial charge is 0.344 e. The quantitative estimate of drug-likeness (QED) is 0.608. The summed E-state index contributed by atoms with van der Waals surface area (Å²) >= 11 is 0. The van der Waals surface area contributed by atoms with Crippen LogP contribution in [0.5, 0.6) is 0 Å². The summed E-state index contributed by atoms with van der Waals surface area (Å²) in [6.07, 6.45) is 2.93. The second-order valence-electron chi connectivity index (χ2n) is 7.73. The first-order chi connectivity index (χ1) is 14.3. The van der Waals surface area contributed by atoms with Gasteiger partial charge in [0.2, 0.25) is 0 Å². The fraction of sp³-hybridized carbons (Fsp3) is 0.261. The molecule has 2 aromatic carbocycles. The van der Waals surface area contributed by atoms with E-state index in [0.717, 1.165) is 33.7 Å². The molecule has 2 aliphatic rings. The predicted molar refractivity (Wildman–Crippen MR) is 112 cm³/mol. The van der Waals surface area contributed by atoms with Crippen LogP contribution in [0.1, 0.15) is 30.0 Å². The van der Waals surface area contributed by atoms with Crippen molar-refractivity contribution in [1.82, 2.24) is 5.32 Å². The van der Waals surface area contributed by atoms with Gasteiger partial charge in [0.15, 0.2) is 0 Å². The Hall–Kier alpha value is -3.48. The number of amides is 4. The first kappa shape index (κ1) is 19.8. The fourth-order valence-electron chi connectivity index (χ4n) is 3.92. The van der Waals surface area contributed by atoms with E-state index in [0.29, 0.717) is 12.1 Å². The second-order valence-corrected chi connectivity index (χ2v) is 7.73. The van der Waals surface area contributed by atoms with Gasteiger partial charge in [-0.25, -0.2) is 14.1 Å². The molecule has 2 heterocycles. The number of nitrogens with one attached hydrogen (secondary N) is 1. The molecule has 7 heteroatoms. The van der Waals surface area contributed by atoms with Gasteiger partial charge in [0.1, 0.15) is 11.4 Å². The van der Waals surface area contributed by atoms with E-state index in [4.69, 9.17) is 0 Å². The van der Waals surface area contributed by atoms with E-state index >= 15 is 0 Å². The van der Waals surface area contributed by atoms with Gasteiger partial charge in [-0.05, 0) is 74.6 Å². The Labute approximate surface area is 174 Å². The molecule has 1 atom stereocenters. The number of benzene rings is 2. The molecular formula is C23H22FN3O3. The van der Waals surface area contributed by atoms with Crippen molar-refractivity contribution in [3.05, 3.63) is 70.7 Å². The van der Waals surface area contributed by atoms with E-state index in [2.05, 4.69) is 5.32 Å². The summed E-state index contributed by atoms with van der Waals surface area (Å²) < 4.78 is 13.7. The zero-order chi connectivity index (χ0) is 21.6. The summed E-state index contributed by atoms with van der Waals surface area (Å²) in [4.78, 5) is 41.1. The van der Waals surface area contributed by atoms with Crippen LogP contribution in [-0.4, -0.2) is 23.9 Å². The molecular weight excluding hydrogens is 385 g/mol. The minimum absolute atomic E-state index is 0.00263. The molecule has 0 aliphatic carbocycles. The van der Waals surface area contributed by atoms with Crippen molar-refractivity contribution >= 4 is 29.2 Å². The van der Waals surface area contributed by atoms with Crippen molar-refractivity contribution in [3.63, 3.8) is 0 Å². The highest BCUT2D eigenvalue weighted by molar-refractivity contribution is 6.37. The number of halogens is 1. The van der Waals surface area contributed by atoms with E-state index in [1.54, 1.807) is 18.2 Å². The molecule has 2 aliphatic heterocycles. The Morgan fingerprint density at radius 3 is 2.63 bits per heavy atom. The lowest BCUT2D eigenvalue weighted by molar-refractivity contribution is -0.122. The molecule has 1 saturated heterocycles. The van der Waals surface area contributed by atoms with Gasteiger partial charge in [0, 0.05) is 17.9 Å². The highest BCUT2D eigenvalue weighted by atomic mass is 19.1. The van der Waals surface area contributed by atoms with Crippen molar-refractivity contribution in [2.24, 2.45) is 0 Å². The van der Waals surface area contributed by atoms with Crippen molar-refractivity contribution in [1.29, 1.82) is 0 Å². The summed E-state index contributed by atoms with van der Waals surface area (Å²) in [7, 11) is 0. The molecule has 0 bridgehead atoms. The SMILES string of the molecule is Cc1cccc(N2C(=O)NC(=O)/C(=C/N3c4ccc(F)cc4CCC3C)C2=O)c1C. The molecule has 1 unspecified atom stereocenters. The number of carbonyl (C=O) groups is 3. The van der Waals surface area contributed by atoms with Gasteiger partial charge in [-0.2, -0.15) is 0 Å². The lowest BCUT2D eigenvalue weighted by Crippen LogP contribution is -2.55. The highest BCUT2D eigenvalue weighted by Gasteiger charge is 2.38. The maximum atomic E-state index is 13.7. The number of hydrogen-bond donors (Lipinski definition) is 1. The number of barbiturate groups is 1. The van der Waals surface area contributed by atoms with Crippen LogP contribution >= 0.6 is 0 Å². The number of urea groups is 1. The Balaban J connectivity index is 1.78. The fourth-order valence-corrected chi connectivity index (χ4v) is 3.92. The van der Waals surface area contributed by atoms with E-state index in [1.165, 1.54) is 18.3 Å². The number of nitrogens with zero attached hydrogens (tertiary/aromatic N) is 2. The smallest absolute Gasteiger partial charge is 0.335 e. The molecule has 0 saturated carbocycles. The molecule has 1 fully saturated rings. The number of anilines is 2. The summed E-state index contributed by atoms with van der Waals surface area (Å²) in [6.45, 7) is 5.68. The third kappa shape index (κ3) is 3.26. The van der Waals surface area contributed by atoms with Crippen molar-refractivity contribution in [2.45, 2.75) is 39.7 Å². The molecule has 6 nitrogen and oxygen atoms in total. The lowest BCUT2D eigenvalue weighted by Gasteiger charge is -2.36. The standard InChI is InChI=1S/C23H22FN3O3/c1-13-5-4-6-19(15(13)3)27-22(29)18(21(28)25-23(27)30)12-26-14(2)7-8-16-11-17(24)9-10-20(16)26/h4-6,9-12,14H,7-8H2,1-3H3,(H,25,28,30)/b18-12-. The molecule has 2 aromatic rings. The molecule has 0 radical (unpaired) electrons. The Kier molecular flexibility index (Phi) is 4.89. The number of carbonyl (C=O) groups excluding carboxylic acids is 3. The van der Waals surface area contributed by atoms with Crippen LogP contribution in [-0.2, 0) is 16.0 Å². The number of fused-ring (bicyclic) bond motifs is 1. The number of aryl methyl sites for hydroxylation is 2. The van der Waals surface area contributed by atoms with E-state index in [9.17, 15) is 18.8 Å². The number of hydrogen-bond acceptors (Lipinski definition) is 4. The van der Waals surface area contributed by atoms with Crippen molar-refractivity contribution in [3.8, 4) is 0 Å². The third-order valence-corrected chi connectivity index (χ3v) is 5.81. The average Bonchev–Trinajstić information content (AvgIpc) is 2.69. The Bertz CT molecular complexity index is 1110. The van der Waals surface area contributed by atoms with Gasteiger partial charge in [-0.15, -0.1) is 0 Å². The number of imide groups is 2. The van der Waals surface area contributed by atoms with Crippen molar-refractivity contribution in [2.75, 3.05) is 9.80 Å². The summed E-state index contributed by atoms with van der Waals surface area (Å²) in [5.41, 5.74) is 3.57. The summed E-state index contributed by atoms with van der Waals surface area (Å²) in [6, 6.07) is 9.03. The summed E-state index contributed by atoms with van der Waals surface area (Å²) in [5, 5.41) is 2.26. The van der Waals surface area contributed by atoms with Gasteiger partial charge in [-0.3, -0.25) is 14.9 Å². The molecule has 0 aromatic heterocycles. The van der Waals surface area contributed by atoms with E-state index < -0.39 is 17.8 Å². The van der Waals surface area contributed by atoms with Crippen LogP contribution in [0.4, 0.5) is 20.6 Å². The van der Waals surface area contributed by atoms with Gasteiger partial charge >= 0.3 is 6.03 Å². The third-order valence-electron chi connectivity index (χ3n) is 5.81. The molecule has 30 heavy (non-hydrogen) atoms. The topological polar surface area (TPSA) is 69.7 Å². The van der Waals surface area contributed by atoms with Crippen LogP contribution in [0.2, 0.25) is 0 Å². The summed E-state index contributed by atoms with van der Waals surface area (Å²) in [5.74, 6) is -1.75. The second kappa shape index (κ2) is 7.40. The van der Waals surface area contributed by atoms with Crippen LogP contribution in [0.25, 0.3) is 0 Å². The minimum atomic E-state index is -0.773. The zero-order valence-corrected chi connectivity index (χ0v) is 17.0. The van der Waals surface area contributed by atoms with E-state index in [-0.39, 0.29) is 17.4 Å². The van der Waals surface area contributed by atoms with Crippen molar-refractivity contribution < 1.29 is 18.8 Å². The Morgan fingerprint density at radius 1 is 1.10 bits per heavy atom. The van der Waals surface area contributed by atoms with Gasteiger partial charge in [-0.1, -0.05) is 12.1 Å². The lowest BCUT2D eigenvalue weighted by atomic mass is 9.96.